The van der Waals surface area contributed by atoms with Crippen LogP contribution in [0.4, 0.5) is 8.78 Å². The summed E-state index contributed by atoms with van der Waals surface area (Å²) in [6, 6.07) is 4.69. The predicted octanol–water partition coefficient (Wildman–Crippen LogP) is 4.97. The molecule has 0 amide bonds. The fourth-order valence-electron chi connectivity index (χ4n) is 3.06. The van der Waals surface area contributed by atoms with Crippen molar-refractivity contribution < 1.29 is 8.78 Å². The minimum absolute atomic E-state index is 0.0521. The normalized spacial score (nSPS) is 24.1. The van der Waals surface area contributed by atoms with Gasteiger partial charge in [0, 0.05) is 12.1 Å². The van der Waals surface area contributed by atoms with E-state index in [1.54, 1.807) is 6.07 Å². The standard InChI is InChI=1S/C17H25F2N/c1-12(13-6-7-15(18)16(19)11-13)20-14-5-4-9-17(2,3)10-8-14/h6-7,11-12,14,20H,4-5,8-10H2,1-3H3. The van der Waals surface area contributed by atoms with Gasteiger partial charge in [-0.2, -0.15) is 0 Å². The van der Waals surface area contributed by atoms with Crippen LogP contribution in [-0.4, -0.2) is 6.04 Å². The lowest BCUT2D eigenvalue weighted by Crippen LogP contribution is -2.31. The van der Waals surface area contributed by atoms with Crippen molar-refractivity contribution in [3.8, 4) is 0 Å². The van der Waals surface area contributed by atoms with E-state index in [2.05, 4.69) is 19.2 Å². The van der Waals surface area contributed by atoms with Crippen molar-refractivity contribution in [2.75, 3.05) is 0 Å². The molecule has 0 aliphatic heterocycles. The van der Waals surface area contributed by atoms with Crippen LogP contribution in [-0.2, 0) is 0 Å². The minimum atomic E-state index is -0.780. The summed E-state index contributed by atoms with van der Waals surface area (Å²) >= 11 is 0. The summed E-state index contributed by atoms with van der Waals surface area (Å²) in [7, 11) is 0. The molecule has 1 fully saturated rings. The van der Waals surface area contributed by atoms with Gasteiger partial charge in [0.15, 0.2) is 11.6 Å². The van der Waals surface area contributed by atoms with Crippen LogP contribution in [0.25, 0.3) is 0 Å². The molecule has 0 radical (unpaired) electrons. The summed E-state index contributed by atoms with van der Waals surface area (Å²) in [6.45, 7) is 6.67. The molecule has 3 heteroatoms. The maximum atomic E-state index is 13.3. The summed E-state index contributed by atoms with van der Waals surface area (Å²) < 4.78 is 26.2. The zero-order valence-corrected chi connectivity index (χ0v) is 12.7. The molecular weight excluding hydrogens is 256 g/mol. The van der Waals surface area contributed by atoms with Crippen LogP contribution in [0.2, 0.25) is 0 Å². The first-order valence-electron chi connectivity index (χ1n) is 7.58. The van der Waals surface area contributed by atoms with E-state index in [-0.39, 0.29) is 6.04 Å². The van der Waals surface area contributed by atoms with Crippen LogP contribution in [0.15, 0.2) is 18.2 Å². The maximum Gasteiger partial charge on any atom is 0.159 e. The zero-order valence-electron chi connectivity index (χ0n) is 12.7. The molecule has 2 rings (SSSR count). The number of hydrogen-bond donors (Lipinski definition) is 1. The first-order valence-corrected chi connectivity index (χ1v) is 7.58. The van der Waals surface area contributed by atoms with Gasteiger partial charge in [-0.3, -0.25) is 0 Å². The molecule has 0 bridgehead atoms. The number of rotatable bonds is 3. The van der Waals surface area contributed by atoms with E-state index in [1.165, 1.54) is 31.4 Å². The molecule has 0 spiro atoms. The second kappa shape index (κ2) is 6.21. The van der Waals surface area contributed by atoms with Crippen LogP contribution in [0.3, 0.4) is 0 Å². The van der Waals surface area contributed by atoms with E-state index in [0.29, 0.717) is 11.5 Å². The van der Waals surface area contributed by atoms with Gasteiger partial charge in [-0.05, 0) is 55.7 Å². The van der Waals surface area contributed by atoms with Crippen LogP contribution in [0.1, 0.15) is 64.5 Å². The summed E-state index contributed by atoms with van der Waals surface area (Å²) in [6.07, 6.45) is 6.04. The topological polar surface area (TPSA) is 12.0 Å². The molecule has 1 aliphatic carbocycles. The van der Waals surface area contributed by atoms with Crippen molar-refractivity contribution in [2.24, 2.45) is 5.41 Å². The highest BCUT2D eigenvalue weighted by Gasteiger charge is 2.25. The molecule has 2 unspecified atom stereocenters. The molecule has 0 aromatic heterocycles. The van der Waals surface area contributed by atoms with Gasteiger partial charge in [-0.25, -0.2) is 8.78 Å². The highest BCUT2D eigenvalue weighted by Crippen LogP contribution is 2.34. The first-order chi connectivity index (χ1) is 9.37. The third-order valence-electron chi connectivity index (χ3n) is 4.51. The van der Waals surface area contributed by atoms with Gasteiger partial charge in [0.25, 0.3) is 0 Å². The van der Waals surface area contributed by atoms with Crippen molar-refractivity contribution in [2.45, 2.75) is 65.0 Å². The number of hydrogen-bond acceptors (Lipinski definition) is 1. The molecule has 2 atom stereocenters. The highest BCUT2D eigenvalue weighted by molar-refractivity contribution is 5.20. The average Bonchev–Trinajstić information content (AvgIpc) is 2.54. The molecule has 1 nitrogen and oxygen atoms in total. The van der Waals surface area contributed by atoms with Crippen molar-refractivity contribution in [1.82, 2.24) is 5.32 Å². The number of benzene rings is 1. The Labute approximate surface area is 120 Å². The first kappa shape index (κ1) is 15.4. The Balaban J connectivity index is 1.97. The van der Waals surface area contributed by atoms with E-state index < -0.39 is 11.6 Å². The van der Waals surface area contributed by atoms with Crippen LogP contribution in [0, 0.1) is 17.0 Å². The van der Waals surface area contributed by atoms with Gasteiger partial charge in [0.05, 0.1) is 0 Å². The van der Waals surface area contributed by atoms with Gasteiger partial charge in [0.1, 0.15) is 0 Å². The second-order valence-electron chi connectivity index (χ2n) is 6.85. The molecule has 1 saturated carbocycles. The molecule has 112 valence electrons. The summed E-state index contributed by atoms with van der Waals surface area (Å²) in [5.41, 5.74) is 1.24. The molecule has 1 aromatic rings. The lowest BCUT2D eigenvalue weighted by Gasteiger charge is -2.24. The van der Waals surface area contributed by atoms with E-state index in [0.717, 1.165) is 18.4 Å². The summed E-state index contributed by atoms with van der Waals surface area (Å²) in [4.78, 5) is 0. The number of halogens is 2. The Morgan fingerprint density at radius 3 is 2.60 bits per heavy atom. The van der Waals surface area contributed by atoms with Gasteiger partial charge < -0.3 is 5.32 Å². The molecule has 0 heterocycles. The Bertz CT molecular complexity index is 456. The molecule has 1 aromatic carbocycles. The minimum Gasteiger partial charge on any atom is -0.307 e. The van der Waals surface area contributed by atoms with Crippen molar-refractivity contribution in [1.29, 1.82) is 0 Å². The van der Waals surface area contributed by atoms with E-state index >= 15 is 0 Å². The lowest BCUT2D eigenvalue weighted by molar-refractivity contribution is 0.307. The Kier molecular flexibility index (Phi) is 4.79. The zero-order chi connectivity index (χ0) is 14.8. The Hall–Kier alpha value is -0.960. The van der Waals surface area contributed by atoms with Gasteiger partial charge >= 0.3 is 0 Å². The van der Waals surface area contributed by atoms with Gasteiger partial charge in [0.2, 0.25) is 0 Å². The predicted molar refractivity (Wildman–Crippen MR) is 78.6 cm³/mol. The SMILES string of the molecule is CC(NC1CCCC(C)(C)CC1)c1ccc(F)c(F)c1. The van der Waals surface area contributed by atoms with Crippen LogP contribution >= 0.6 is 0 Å². The van der Waals surface area contributed by atoms with Crippen molar-refractivity contribution in [3.63, 3.8) is 0 Å². The Morgan fingerprint density at radius 2 is 1.90 bits per heavy atom. The van der Waals surface area contributed by atoms with Crippen molar-refractivity contribution in [3.05, 3.63) is 35.4 Å². The molecule has 1 aliphatic rings. The lowest BCUT2D eigenvalue weighted by atomic mass is 9.85. The van der Waals surface area contributed by atoms with E-state index in [1.807, 2.05) is 6.92 Å². The van der Waals surface area contributed by atoms with Crippen molar-refractivity contribution >= 4 is 0 Å². The summed E-state index contributed by atoms with van der Waals surface area (Å²) in [5, 5.41) is 3.57. The third kappa shape index (κ3) is 4.02. The largest absolute Gasteiger partial charge is 0.307 e. The van der Waals surface area contributed by atoms with Crippen LogP contribution < -0.4 is 5.32 Å². The highest BCUT2D eigenvalue weighted by atomic mass is 19.2. The monoisotopic (exact) mass is 281 g/mol. The maximum absolute atomic E-state index is 13.3. The fraction of sp³-hybridized carbons (Fsp3) is 0.647. The third-order valence-corrected chi connectivity index (χ3v) is 4.51. The van der Waals surface area contributed by atoms with E-state index in [4.69, 9.17) is 0 Å². The van der Waals surface area contributed by atoms with E-state index in [9.17, 15) is 8.78 Å². The molecule has 20 heavy (non-hydrogen) atoms. The molecule has 0 saturated heterocycles. The van der Waals surface area contributed by atoms with Crippen LogP contribution in [0.5, 0.6) is 0 Å². The second-order valence-corrected chi connectivity index (χ2v) is 6.85. The average molecular weight is 281 g/mol. The number of nitrogens with one attached hydrogen (secondary N) is 1. The Morgan fingerprint density at radius 1 is 1.15 bits per heavy atom. The molecule has 1 N–H and O–H groups in total. The van der Waals surface area contributed by atoms with Gasteiger partial charge in [-0.1, -0.05) is 26.3 Å². The quantitative estimate of drug-likeness (QED) is 0.771. The summed E-state index contributed by atoms with van der Waals surface area (Å²) in [5.74, 6) is -1.55. The smallest absolute Gasteiger partial charge is 0.159 e. The van der Waals surface area contributed by atoms with Gasteiger partial charge in [-0.15, -0.1) is 0 Å². The molecular formula is C17H25F2N. The fourth-order valence-corrected chi connectivity index (χ4v) is 3.06.